The number of hydrogen-bond donors (Lipinski definition) is 1. The third-order valence-corrected chi connectivity index (χ3v) is 4.09. The van der Waals surface area contributed by atoms with Gasteiger partial charge in [0.15, 0.2) is 0 Å². The van der Waals surface area contributed by atoms with Crippen molar-refractivity contribution in [3.63, 3.8) is 0 Å². The van der Waals surface area contributed by atoms with E-state index < -0.39 is 43.0 Å². The van der Waals surface area contributed by atoms with Gasteiger partial charge in [-0.15, -0.1) is 0 Å². The molecule has 0 unspecified atom stereocenters. The molecule has 1 saturated heterocycles. The number of benzene rings is 1. The first-order valence-corrected chi connectivity index (χ1v) is 7.91. The van der Waals surface area contributed by atoms with Crippen LogP contribution in [-0.2, 0) is 16.0 Å². The quantitative estimate of drug-likeness (QED) is 0.878. The van der Waals surface area contributed by atoms with Crippen molar-refractivity contribution in [1.29, 1.82) is 0 Å². The van der Waals surface area contributed by atoms with Crippen LogP contribution in [0, 0.1) is 11.8 Å². The molecule has 2 atom stereocenters. The zero-order valence-corrected chi connectivity index (χ0v) is 13.9. The molecule has 1 N–H and O–H groups in total. The number of carboxylic acids is 1. The van der Waals surface area contributed by atoms with Gasteiger partial charge in [-0.1, -0.05) is 18.2 Å². The predicted molar refractivity (Wildman–Crippen MR) is 83.2 cm³/mol. The second-order valence-corrected chi connectivity index (χ2v) is 6.34. The average molecular weight is 359 g/mol. The maximum absolute atomic E-state index is 13.0. The largest absolute Gasteiger partial charge is 0.491 e. The van der Waals surface area contributed by atoms with Crippen LogP contribution in [0.4, 0.5) is 13.2 Å². The van der Waals surface area contributed by atoms with Gasteiger partial charge in [-0.2, -0.15) is 13.2 Å². The highest BCUT2D eigenvalue weighted by Gasteiger charge is 2.53. The Morgan fingerprint density at radius 1 is 1.28 bits per heavy atom. The number of carbonyl (C=O) groups is 2. The molecule has 2 rings (SSSR count). The minimum absolute atomic E-state index is 0.117. The average Bonchev–Trinajstić information content (AvgIpc) is 2.94. The fourth-order valence-electron chi connectivity index (χ4n) is 2.88. The normalized spacial score (nSPS) is 20.8. The van der Waals surface area contributed by atoms with Gasteiger partial charge < -0.3 is 14.7 Å². The molecule has 0 spiro atoms. The molecule has 1 aromatic carbocycles. The Labute approximate surface area is 143 Å². The number of aliphatic carboxylic acids is 1. The lowest BCUT2D eigenvalue weighted by molar-refractivity contribution is -0.188. The number of amides is 1. The predicted octanol–water partition coefficient (Wildman–Crippen LogP) is 2.74. The summed E-state index contributed by atoms with van der Waals surface area (Å²) < 4.78 is 44.7. The van der Waals surface area contributed by atoms with Gasteiger partial charge in [0.05, 0.1) is 24.4 Å². The maximum Gasteiger partial charge on any atom is 0.394 e. The first-order chi connectivity index (χ1) is 11.6. The number of likely N-dealkylation sites (tertiary alicyclic amines) is 1. The molecular weight excluding hydrogens is 339 g/mol. The van der Waals surface area contributed by atoms with Crippen molar-refractivity contribution in [3.8, 4) is 5.75 Å². The topological polar surface area (TPSA) is 66.8 Å². The van der Waals surface area contributed by atoms with Crippen molar-refractivity contribution in [3.05, 3.63) is 29.8 Å². The summed E-state index contributed by atoms with van der Waals surface area (Å²) >= 11 is 0. The van der Waals surface area contributed by atoms with E-state index in [1.54, 1.807) is 24.3 Å². The highest BCUT2D eigenvalue weighted by Crippen LogP contribution is 2.38. The van der Waals surface area contributed by atoms with Crippen LogP contribution in [-0.4, -0.2) is 47.3 Å². The molecule has 5 nitrogen and oxygen atoms in total. The molecule has 1 amide bonds. The Kier molecular flexibility index (Phi) is 5.59. The van der Waals surface area contributed by atoms with E-state index in [2.05, 4.69) is 0 Å². The number of carboxylic acid groups (broad SMARTS) is 1. The summed E-state index contributed by atoms with van der Waals surface area (Å²) in [6.07, 6.45) is -4.91. The van der Waals surface area contributed by atoms with E-state index in [1.165, 1.54) is 0 Å². The first-order valence-electron chi connectivity index (χ1n) is 7.91. The SMILES string of the molecule is CC(C)Oc1ccccc1CC(=O)N1C[C@@H](C(F)(F)F)[C@H](C(=O)O)C1. The van der Waals surface area contributed by atoms with E-state index in [-0.39, 0.29) is 12.5 Å². The van der Waals surface area contributed by atoms with Crippen LogP contribution in [0.15, 0.2) is 24.3 Å². The Bertz CT molecular complexity index is 645. The van der Waals surface area contributed by atoms with Gasteiger partial charge in [0.1, 0.15) is 5.75 Å². The Morgan fingerprint density at radius 3 is 2.44 bits per heavy atom. The monoisotopic (exact) mass is 359 g/mol. The number of carbonyl (C=O) groups excluding carboxylic acids is 1. The van der Waals surface area contributed by atoms with E-state index in [4.69, 9.17) is 9.84 Å². The van der Waals surface area contributed by atoms with Gasteiger partial charge in [-0.3, -0.25) is 9.59 Å². The summed E-state index contributed by atoms with van der Waals surface area (Å²) in [5.74, 6) is -5.27. The lowest BCUT2D eigenvalue weighted by Crippen LogP contribution is -2.34. The third-order valence-electron chi connectivity index (χ3n) is 4.09. The molecule has 25 heavy (non-hydrogen) atoms. The van der Waals surface area contributed by atoms with Crippen LogP contribution < -0.4 is 4.74 Å². The van der Waals surface area contributed by atoms with Gasteiger partial charge in [0.25, 0.3) is 0 Å². The number of para-hydroxylation sites is 1. The highest BCUT2D eigenvalue weighted by molar-refractivity contribution is 5.81. The number of ether oxygens (including phenoxy) is 1. The van der Waals surface area contributed by atoms with Gasteiger partial charge in [0.2, 0.25) is 5.91 Å². The Hall–Kier alpha value is -2.25. The van der Waals surface area contributed by atoms with E-state index in [0.717, 1.165) is 4.90 Å². The highest BCUT2D eigenvalue weighted by atomic mass is 19.4. The zero-order valence-electron chi connectivity index (χ0n) is 13.9. The standard InChI is InChI=1S/C17H20F3NO4/c1-10(2)25-14-6-4-3-5-11(14)7-15(22)21-8-12(16(23)24)13(9-21)17(18,19)20/h3-6,10,12-13H,7-9H2,1-2H3,(H,23,24)/t12-,13-/m1/s1. The van der Waals surface area contributed by atoms with Gasteiger partial charge in [0, 0.05) is 18.7 Å². The summed E-state index contributed by atoms with van der Waals surface area (Å²) in [5.41, 5.74) is 0.559. The van der Waals surface area contributed by atoms with Crippen LogP contribution in [0.2, 0.25) is 0 Å². The Morgan fingerprint density at radius 2 is 1.92 bits per heavy atom. The molecule has 0 aliphatic carbocycles. The number of nitrogens with zero attached hydrogens (tertiary/aromatic N) is 1. The molecule has 8 heteroatoms. The fourth-order valence-corrected chi connectivity index (χ4v) is 2.88. The van der Waals surface area contributed by atoms with Crippen LogP contribution >= 0.6 is 0 Å². The zero-order chi connectivity index (χ0) is 18.8. The Balaban J connectivity index is 2.13. The summed E-state index contributed by atoms with van der Waals surface area (Å²) in [5, 5.41) is 9.02. The van der Waals surface area contributed by atoms with Crippen molar-refractivity contribution in [2.45, 2.75) is 32.5 Å². The number of halogens is 3. The summed E-state index contributed by atoms with van der Waals surface area (Å²) in [6.45, 7) is 2.58. The van der Waals surface area contributed by atoms with Crippen LogP contribution in [0.1, 0.15) is 19.4 Å². The van der Waals surface area contributed by atoms with Gasteiger partial charge in [-0.05, 0) is 19.9 Å². The first kappa shape index (κ1) is 19.1. The maximum atomic E-state index is 13.0. The number of alkyl halides is 3. The van der Waals surface area contributed by atoms with Gasteiger partial charge in [-0.25, -0.2) is 0 Å². The summed E-state index contributed by atoms with van der Waals surface area (Å²) in [6, 6.07) is 6.80. The van der Waals surface area contributed by atoms with Crippen molar-refractivity contribution >= 4 is 11.9 Å². The number of hydrogen-bond acceptors (Lipinski definition) is 3. The molecule has 0 saturated carbocycles. The smallest absolute Gasteiger partial charge is 0.394 e. The molecule has 0 aromatic heterocycles. The molecule has 1 aliphatic rings. The van der Waals surface area contributed by atoms with E-state index in [1.807, 2.05) is 13.8 Å². The minimum Gasteiger partial charge on any atom is -0.491 e. The van der Waals surface area contributed by atoms with E-state index >= 15 is 0 Å². The molecule has 138 valence electrons. The molecule has 1 aromatic rings. The molecule has 0 radical (unpaired) electrons. The van der Waals surface area contributed by atoms with Crippen molar-refractivity contribution in [1.82, 2.24) is 4.90 Å². The number of rotatable bonds is 5. The summed E-state index contributed by atoms with van der Waals surface area (Å²) in [7, 11) is 0. The van der Waals surface area contributed by atoms with Crippen molar-refractivity contribution < 1.29 is 32.6 Å². The lowest BCUT2D eigenvalue weighted by atomic mass is 9.96. The molecule has 1 aliphatic heterocycles. The van der Waals surface area contributed by atoms with Gasteiger partial charge >= 0.3 is 12.1 Å². The fraction of sp³-hybridized carbons (Fsp3) is 0.529. The summed E-state index contributed by atoms with van der Waals surface area (Å²) in [4.78, 5) is 24.5. The van der Waals surface area contributed by atoms with Crippen LogP contribution in [0.5, 0.6) is 5.75 Å². The lowest BCUT2D eigenvalue weighted by Gasteiger charge is -2.19. The van der Waals surface area contributed by atoms with E-state index in [9.17, 15) is 22.8 Å². The van der Waals surface area contributed by atoms with Crippen LogP contribution in [0.3, 0.4) is 0 Å². The van der Waals surface area contributed by atoms with Crippen molar-refractivity contribution in [2.24, 2.45) is 11.8 Å². The second kappa shape index (κ2) is 7.33. The molecular formula is C17H20F3NO4. The molecule has 1 fully saturated rings. The minimum atomic E-state index is -4.66. The molecule has 1 heterocycles. The molecule has 0 bridgehead atoms. The third kappa shape index (κ3) is 4.64. The van der Waals surface area contributed by atoms with Crippen molar-refractivity contribution in [2.75, 3.05) is 13.1 Å². The van der Waals surface area contributed by atoms with Crippen LogP contribution in [0.25, 0.3) is 0 Å². The second-order valence-electron chi connectivity index (χ2n) is 6.34. The van der Waals surface area contributed by atoms with E-state index in [0.29, 0.717) is 11.3 Å².